The van der Waals surface area contributed by atoms with Crippen LogP contribution in [0, 0.1) is 5.92 Å². The SMILES string of the molecule is CCN(C)C(=O)OC1=CC([C@H](C)N(C)C)CC=C1. The number of ether oxygens (including phenoxy) is 1. The molecule has 102 valence electrons. The molecule has 18 heavy (non-hydrogen) atoms. The Kier molecular flexibility index (Phi) is 5.41. The van der Waals surface area contributed by atoms with E-state index in [1.807, 2.05) is 19.1 Å². The normalized spacial score (nSPS) is 20.6. The molecule has 4 heteroatoms. The number of hydrogen-bond donors (Lipinski definition) is 0. The average Bonchev–Trinajstić information content (AvgIpc) is 2.36. The van der Waals surface area contributed by atoms with Crippen molar-refractivity contribution in [2.75, 3.05) is 27.7 Å². The fourth-order valence-electron chi connectivity index (χ4n) is 1.77. The van der Waals surface area contributed by atoms with Crippen LogP contribution in [0.15, 0.2) is 24.0 Å². The number of amides is 1. The number of nitrogens with zero attached hydrogens (tertiary/aromatic N) is 2. The molecule has 0 bridgehead atoms. The molecule has 0 fully saturated rings. The largest absolute Gasteiger partial charge is 0.414 e. The summed E-state index contributed by atoms with van der Waals surface area (Å²) in [4.78, 5) is 15.4. The maximum absolute atomic E-state index is 11.7. The van der Waals surface area contributed by atoms with E-state index in [1.165, 1.54) is 0 Å². The molecular weight excluding hydrogens is 228 g/mol. The van der Waals surface area contributed by atoms with Crippen molar-refractivity contribution >= 4 is 6.09 Å². The van der Waals surface area contributed by atoms with E-state index in [0.29, 0.717) is 24.3 Å². The highest BCUT2D eigenvalue weighted by Gasteiger charge is 2.20. The van der Waals surface area contributed by atoms with Gasteiger partial charge in [-0.05, 0) is 52.4 Å². The van der Waals surface area contributed by atoms with Gasteiger partial charge in [-0.2, -0.15) is 0 Å². The van der Waals surface area contributed by atoms with Crippen LogP contribution in [0.3, 0.4) is 0 Å². The maximum atomic E-state index is 11.7. The van der Waals surface area contributed by atoms with Crippen LogP contribution in [0.1, 0.15) is 20.3 Å². The minimum Gasteiger partial charge on any atom is -0.411 e. The van der Waals surface area contributed by atoms with E-state index >= 15 is 0 Å². The Balaban J connectivity index is 2.65. The zero-order chi connectivity index (χ0) is 13.7. The third-order valence-electron chi connectivity index (χ3n) is 3.49. The summed E-state index contributed by atoms with van der Waals surface area (Å²) >= 11 is 0. The molecule has 0 saturated heterocycles. The van der Waals surface area contributed by atoms with Crippen LogP contribution >= 0.6 is 0 Å². The highest BCUT2D eigenvalue weighted by atomic mass is 16.6. The molecule has 1 aliphatic rings. The summed E-state index contributed by atoms with van der Waals surface area (Å²) < 4.78 is 5.35. The number of rotatable bonds is 4. The van der Waals surface area contributed by atoms with Gasteiger partial charge in [0.1, 0.15) is 5.76 Å². The topological polar surface area (TPSA) is 32.8 Å². The Morgan fingerprint density at radius 1 is 1.50 bits per heavy atom. The van der Waals surface area contributed by atoms with Crippen molar-refractivity contribution in [3.8, 4) is 0 Å². The Morgan fingerprint density at radius 2 is 2.17 bits per heavy atom. The lowest BCUT2D eigenvalue weighted by Crippen LogP contribution is -2.32. The molecule has 4 nitrogen and oxygen atoms in total. The fourth-order valence-corrected chi connectivity index (χ4v) is 1.77. The third-order valence-corrected chi connectivity index (χ3v) is 3.49. The molecule has 1 rings (SSSR count). The molecule has 0 N–H and O–H groups in total. The Hall–Kier alpha value is -1.29. The van der Waals surface area contributed by atoms with E-state index in [1.54, 1.807) is 11.9 Å². The molecule has 0 aliphatic heterocycles. The summed E-state index contributed by atoms with van der Waals surface area (Å²) in [6.07, 6.45) is 6.68. The summed E-state index contributed by atoms with van der Waals surface area (Å²) in [5.41, 5.74) is 0. The fraction of sp³-hybridized carbons (Fsp3) is 0.643. The maximum Gasteiger partial charge on any atom is 0.414 e. The van der Waals surface area contributed by atoms with E-state index in [9.17, 15) is 4.79 Å². The van der Waals surface area contributed by atoms with Crippen LogP contribution in [0.25, 0.3) is 0 Å². The standard InChI is InChI=1S/C14H24N2O2/c1-6-16(5)14(17)18-13-9-7-8-12(10-13)11(2)15(3)4/h7,9-12H,6,8H2,1-5H3/t11-,12?/m0/s1. The van der Waals surface area contributed by atoms with Gasteiger partial charge in [0.2, 0.25) is 0 Å². The van der Waals surface area contributed by atoms with E-state index in [0.717, 1.165) is 6.42 Å². The lowest BCUT2D eigenvalue weighted by atomic mass is 9.92. The van der Waals surface area contributed by atoms with Crippen molar-refractivity contribution in [1.29, 1.82) is 0 Å². The lowest BCUT2D eigenvalue weighted by Gasteiger charge is -2.28. The number of carbonyl (C=O) groups excluding carboxylic acids is 1. The summed E-state index contributed by atoms with van der Waals surface area (Å²) in [6, 6.07) is 0.424. The monoisotopic (exact) mass is 252 g/mol. The molecule has 1 aliphatic carbocycles. The summed E-state index contributed by atoms with van der Waals surface area (Å²) in [5.74, 6) is 1.05. The third kappa shape index (κ3) is 3.88. The molecule has 0 spiro atoms. The molecule has 0 heterocycles. The summed E-state index contributed by atoms with van der Waals surface area (Å²) in [7, 11) is 5.86. The Bertz CT molecular complexity index is 348. The molecule has 0 aromatic carbocycles. The smallest absolute Gasteiger partial charge is 0.411 e. The molecular formula is C14H24N2O2. The van der Waals surface area contributed by atoms with Crippen LogP contribution < -0.4 is 0 Å². The minimum atomic E-state index is -0.299. The van der Waals surface area contributed by atoms with E-state index in [4.69, 9.17) is 4.74 Å². The number of allylic oxidation sites excluding steroid dienone is 2. The van der Waals surface area contributed by atoms with Gasteiger partial charge in [0.05, 0.1) is 0 Å². The average molecular weight is 252 g/mol. The van der Waals surface area contributed by atoms with Crippen LogP contribution in [-0.2, 0) is 4.74 Å². The zero-order valence-electron chi connectivity index (χ0n) is 12.0. The van der Waals surface area contributed by atoms with Crippen molar-refractivity contribution in [3.63, 3.8) is 0 Å². The first-order valence-corrected chi connectivity index (χ1v) is 6.43. The molecule has 1 unspecified atom stereocenters. The van der Waals surface area contributed by atoms with Crippen molar-refractivity contribution in [1.82, 2.24) is 9.80 Å². The van der Waals surface area contributed by atoms with Gasteiger partial charge in [0.25, 0.3) is 0 Å². The number of hydrogen-bond acceptors (Lipinski definition) is 3. The van der Waals surface area contributed by atoms with Crippen LogP contribution in [0.5, 0.6) is 0 Å². The molecule has 0 aromatic rings. The second-order valence-electron chi connectivity index (χ2n) is 4.96. The van der Waals surface area contributed by atoms with Gasteiger partial charge in [-0.25, -0.2) is 4.79 Å². The van der Waals surface area contributed by atoms with Gasteiger partial charge in [-0.15, -0.1) is 0 Å². The van der Waals surface area contributed by atoms with E-state index in [2.05, 4.69) is 32.0 Å². The van der Waals surface area contributed by atoms with Crippen molar-refractivity contribution < 1.29 is 9.53 Å². The summed E-state index contributed by atoms with van der Waals surface area (Å²) in [6.45, 7) is 4.74. The van der Waals surface area contributed by atoms with Gasteiger partial charge in [-0.1, -0.05) is 6.08 Å². The highest BCUT2D eigenvalue weighted by molar-refractivity contribution is 5.68. The van der Waals surface area contributed by atoms with E-state index in [-0.39, 0.29) is 6.09 Å². The predicted molar refractivity (Wildman–Crippen MR) is 73.3 cm³/mol. The molecule has 2 atom stereocenters. The van der Waals surface area contributed by atoms with Crippen LogP contribution in [0.2, 0.25) is 0 Å². The number of carbonyl (C=O) groups is 1. The van der Waals surface area contributed by atoms with Crippen LogP contribution in [-0.4, -0.2) is 49.6 Å². The first-order valence-electron chi connectivity index (χ1n) is 6.43. The first-order chi connectivity index (χ1) is 8.45. The van der Waals surface area contributed by atoms with Gasteiger partial charge >= 0.3 is 6.09 Å². The van der Waals surface area contributed by atoms with Crippen molar-refractivity contribution in [2.45, 2.75) is 26.3 Å². The second-order valence-corrected chi connectivity index (χ2v) is 4.96. The molecule has 0 radical (unpaired) electrons. The summed E-state index contributed by atoms with van der Waals surface area (Å²) in [5, 5.41) is 0. The Labute approximate surface area is 110 Å². The van der Waals surface area contributed by atoms with E-state index < -0.39 is 0 Å². The minimum absolute atomic E-state index is 0.299. The van der Waals surface area contributed by atoms with Crippen molar-refractivity contribution in [2.24, 2.45) is 5.92 Å². The lowest BCUT2D eigenvalue weighted by molar-refractivity contribution is 0.141. The van der Waals surface area contributed by atoms with Crippen LogP contribution in [0.4, 0.5) is 4.79 Å². The van der Waals surface area contributed by atoms with Gasteiger partial charge < -0.3 is 14.5 Å². The quantitative estimate of drug-likeness (QED) is 0.770. The molecule has 0 aromatic heterocycles. The Morgan fingerprint density at radius 3 is 2.72 bits per heavy atom. The highest BCUT2D eigenvalue weighted by Crippen LogP contribution is 2.23. The first kappa shape index (κ1) is 14.8. The predicted octanol–water partition coefficient (Wildman–Crippen LogP) is 2.48. The molecule has 1 amide bonds. The molecule has 0 saturated carbocycles. The second kappa shape index (κ2) is 6.59. The van der Waals surface area contributed by atoms with Gasteiger partial charge in [0, 0.05) is 19.6 Å². The van der Waals surface area contributed by atoms with Gasteiger partial charge in [-0.3, -0.25) is 0 Å². The van der Waals surface area contributed by atoms with Gasteiger partial charge in [0.15, 0.2) is 0 Å². The van der Waals surface area contributed by atoms with Crippen molar-refractivity contribution in [3.05, 3.63) is 24.0 Å². The zero-order valence-corrected chi connectivity index (χ0v) is 12.0.